The maximum absolute atomic E-state index is 11.0. The molecule has 0 atom stereocenters. The molecule has 7 heteroatoms. The van der Waals surface area contributed by atoms with Crippen LogP contribution < -0.4 is 5.69 Å². The number of aromatic nitrogens is 5. The van der Waals surface area contributed by atoms with Gasteiger partial charge in [0.2, 0.25) is 0 Å². The molecule has 2 rings (SSSR count). The fourth-order valence-electron chi connectivity index (χ4n) is 0.846. The molecular weight excluding hydrogens is 194 g/mol. The third kappa shape index (κ3) is 1.73. The molecule has 0 radical (unpaired) electrons. The molecule has 0 amide bonds. The van der Waals surface area contributed by atoms with Gasteiger partial charge in [0.05, 0.1) is 11.9 Å². The molecule has 68 valence electrons. The second kappa shape index (κ2) is 3.81. The highest BCUT2D eigenvalue weighted by Gasteiger charge is 2.00. The van der Waals surface area contributed by atoms with Gasteiger partial charge in [-0.15, -0.1) is 12.4 Å². The van der Waals surface area contributed by atoms with Gasteiger partial charge in [-0.3, -0.25) is 4.98 Å². The lowest BCUT2D eigenvalue weighted by Gasteiger charge is -1.93. The van der Waals surface area contributed by atoms with E-state index in [1.807, 2.05) is 0 Å². The Labute approximate surface area is 79.0 Å². The van der Waals surface area contributed by atoms with E-state index in [4.69, 9.17) is 0 Å². The van der Waals surface area contributed by atoms with Crippen LogP contribution in [0.4, 0.5) is 0 Å². The zero-order valence-corrected chi connectivity index (χ0v) is 7.23. The largest absolute Gasteiger partial charge is 0.365 e. The summed E-state index contributed by atoms with van der Waals surface area (Å²) in [4.78, 5) is 14.8. The second-order valence-corrected chi connectivity index (χ2v) is 2.13. The zero-order chi connectivity index (χ0) is 8.39. The molecule has 0 aromatic carbocycles. The molecule has 0 saturated heterocycles. The summed E-state index contributed by atoms with van der Waals surface area (Å²) in [6.07, 6.45) is 3.15. The lowest BCUT2D eigenvalue weighted by atomic mass is 10.4. The van der Waals surface area contributed by atoms with Gasteiger partial charge in [-0.2, -0.15) is 4.68 Å². The van der Waals surface area contributed by atoms with E-state index in [2.05, 4.69) is 20.5 Å². The topological polar surface area (TPSA) is 76.5 Å². The third-order valence-corrected chi connectivity index (χ3v) is 1.36. The van der Waals surface area contributed by atoms with Crippen molar-refractivity contribution in [2.45, 2.75) is 0 Å². The fraction of sp³-hybridized carbons (Fsp3) is 0. The number of tetrazole rings is 1. The number of H-pyrrole nitrogens is 1. The zero-order valence-electron chi connectivity index (χ0n) is 6.41. The summed E-state index contributed by atoms with van der Waals surface area (Å²) in [7, 11) is 0. The van der Waals surface area contributed by atoms with E-state index < -0.39 is 0 Å². The molecule has 2 heterocycles. The first-order valence-corrected chi connectivity index (χ1v) is 3.29. The first-order valence-electron chi connectivity index (χ1n) is 3.29. The number of pyridine rings is 1. The van der Waals surface area contributed by atoms with Crippen molar-refractivity contribution in [1.82, 2.24) is 25.2 Å². The molecule has 0 saturated carbocycles. The maximum Gasteiger partial charge on any atom is 0.365 e. The molecule has 0 bridgehead atoms. The van der Waals surface area contributed by atoms with Crippen molar-refractivity contribution in [3.63, 3.8) is 0 Å². The van der Waals surface area contributed by atoms with Gasteiger partial charge in [-0.05, 0) is 22.6 Å². The van der Waals surface area contributed by atoms with Crippen LogP contribution in [0.5, 0.6) is 0 Å². The first-order chi connectivity index (χ1) is 5.88. The number of halogens is 1. The predicted molar refractivity (Wildman–Crippen MR) is 47.0 cm³/mol. The number of nitrogens with one attached hydrogen (secondary N) is 1. The summed E-state index contributed by atoms with van der Waals surface area (Å²) in [5.74, 6) is 0. The summed E-state index contributed by atoms with van der Waals surface area (Å²) in [5.41, 5.74) is 0.222. The quantitative estimate of drug-likeness (QED) is 0.689. The van der Waals surface area contributed by atoms with Crippen LogP contribution in [-0.4, -0.2) is 25.2 Å². The van der Waals surface area contributed by atoms with Crippen LogP contribution in [0, 0.1) is 0 Å². The van der Waals surface area contributed by atoms with Crippen molar-refractivity contribution < 1.29 is 0 Å². The highest BCUT2D eigenvalue weighted by molar-refractivity contribution is 5.85. The van der Waals surface area contributed by atoms with Crippen molar-refractivity contribution in [2.75, 3.05) is 0 Å². The summed E-state index contributed by atoms with van der Waals surface area (Å²) in [5, 5.41) is 9.08. The predicted octanol–water partition coefficient (Wildman–Crippen LogP) is -0.228. The molecule has 13 heavy (non-hydrogen) atoms. The molecule has 0 aliphatic heterocycles. The molecule has 2 aromatic heterocycles. The molecular formula is C6H6ClN5O. The monoisotopic (exact) mass is 199 g/mol. The molecule has 0 unspecified atom stereocenters. The minimum absolute atomic E-state index is 0. The summed E-state index contributed by atoms with van der Waals surface area (Å²) < 4.78 is 1.13. The van der Waals surface area contributed by atoms with Crippen LogP contribution in [0.15, 0.2) is 29.3 Å². The second-order valence-electron chi connectivity index (χ2n) is 2.13. The molecule has 2 aromatic rings. The van der Waals surface area contributed by atoms with Gasteiger partial charge in [-0.1, -0.05) is 0 Å². The Hall–Kier alpha value is -1.69. The lowest BCUT2D eigenvalue weighted by molar-refractivity contribution is 0.776. The Morgan fingerprint density at radius 1 is 1.46 bits per heavy atom. The Kier molecular flexibility index (Phi) is 2.76. The van der Waals surface area contributed by atoms with E-state index in [0.717, 1.165) is 4.68 Å². The standard InChI is InChI=1S/C6H5N5O.ClH/c12-6-8-9-10-11(6)5-2-1-3-7-4-5;/h1-4H,(H,8,10,12);1H. The number of hydrogen-bond acceptors (Lipinski definition) is 4. The lowest BCUT2D eigenvalue weighted by Crippen LogP contribution is -2.15. The van der Waals surface area contributed by atoms with E-state index in [0.29, 0.717) is 5.69 Å². The van der Waals surface area contributed by atoms with Gasteiger partial charge >= 0.3 is 5.69 Å². The highest BCUT2D eigenvalue weighted by atomic mass is 35.5. The maximum atomic E-state index is 11.0. The Balaban J connectivity index is 0.000000845. The number of hydrogen-bond donors (Lipinski definition) is 1. The average Bonchev–Trinajstić information content (AvgIpc) is 2.53. The fourth-order valence-corrected chi connectivity index (χ4v) is 0.846. The molecule has 0 aliphatic rings. The van der Waals surface area contributed by atoms with Crippen LogP contribution >= 0.6 is 12.4 Å². The van der Waals surface area contributed by atoms with E-state index in [-0.39, 0.29) is 18.1 Å². The molecule has 0 spiro atoms. The van der Waals surface area contributed by atoms with Gasteiger partial charge in [0.15, 0.2) is 0 Å². The van der Waals surface area contributed by atoms with E-state index in [1.54, 1.807) is 18.3 Å². The minimum Gasteiger partial charge on any atom is -0.262 e. The van der Waals surface area contributed by atoms with Gasteiger partial charge in [0.1, 0.15) is 0 Å². The van der Waals surface area contributed by atoms with Crippen molar-refractivity contribution in [3.05, 3.63) is 35.0 Å². The minimum atomic E-state index is -0.372. The Bertz CT molecular complexity index is 422. The van der Waals surface area contributed by atoms with Gasteiger partial charge < -0.3 is 0 Å². The smallest absolute Gasteiger partial charge is 0.262 e. The highest BCUT2D eigenvalue weighted by Crippen LogP contribution is 1.96. The van der Waals surface area contributed by atoms with Crippen molar-refractivity contribution >= 4 is 12.4 Å². The van der Waals surface area contributed by atoms with Crippen molar-refractivity contribution in [1.29, 1.82) is 0 Å². The van der Waals surface area contributed by atoms with E-state index >= 15 is 0 Å². The van der Waals surface area contributed by atoms with Crippen LogP contribution in [-0.2, 0) is 0 Å². The third-order valence-electron chi connectivity index (χ3n) is 1.36. The van der Waals surface area contributed by atoms with Crippen LogP contribution in [0.2, 0.25) is 0 Å². The summed E-state index contributed by atoms with van der Waals surface area (Å²) in [6.45, 7) is 0. The van der Waals surface area contributed by atoms with Crippen molar-refractivity contribution in [3.8, 4) is 5.69 Å². The van der Waals surface area contributed by atoms with E-state index in [1.165, 1.54) is 6.20 Å². The van der Waals surface area contributed by atoms with Crippen LogP contribution in [0.3, 0.4) is 0 Å². The van der Waals surface area contributed by atoms with Gasteiger partial charge in [-0.25, -0.2) is 9.89 Å². The van der Waals surface area contributed by atoms with Crippen molar-refractivity contribution in [2.24, 2.45) is 0 Å². The summed E-state index contributed by atoms with van der Waals surface area (Å²) in [6, 6.07) is 3.44. The first kappa shape index (κ1) is 9.40. The number of rotatable bonds is 1. The molecule has 0 fully saturated rings. The summed E-state index contributed by atoms with van der Waals surface area (Å²) >= 11 is 0. The van der Waals surface area contributed by atoms with Gasteiger partial charge in [0.25, 0.3) is 0 Å². The van der Waals surface area contributed by atoms with E-state index in [9.17, 15) is 4.79 Å². The average molecular weight is 200 g/mol. The number of nitrogens with zero attached hydrogens (tertiary/aromatic N) is 4. The molecule has 1 N–H and O–H groups in total. The molecule has 0 aliphatic carbocycles. The SMILES string of the molecule is Cl.O=c1[nH]nnn1-c1cccnc1. The Morgan fingerprint density at radius 2 is 2.31 bits per heavy atom. The molecule has 6 nitrogen and oxygen atoms in total. The Morgan fingerprint density at radius 3 is 2.85 bits per heavy atom. The van der Waals surface area contributed by atoms with Crippen LogP contribution in [0.1, 0.15) is 0 Å². The van der Waals surface area contributed by atoms with Crippen LogP contribution in [0.25, 0.3) is 5.69 Å². The number of aromatic amines is 1. The van der Waals surface area contributed by atoms with Gasteiger partial charge in [0, 0.05) is 6.20 Å². The normalized spacial score (nSPS) is 9.23.